The summed E-state index contributed by atoms with van der Waals surface area (Å²) in [6.07, 6.45) is 1.80. The third kappa shape index (κ3) is 3.17. The van der Waals surface area contributed by atoms with Crippen molar-refractivity contribution >= 4 is 23.2 Å². The molecule has 1 unspecified atom stereocenters. The number of halogens is 2. The average Bonchev–Trinajstić information content (AvgIpc) is 2.35. The van der Waals surface area contributed by atoms with Gasteiger partial charge in [0.05, 0.1) is 11.6 Å². The van der Waals surface area contributed by atoms with Crippen molar-refractivity contribution in [3.05, 3.63) is 29.0 Å². The third-order valence-corrected chi connectivity index (χ3v) is 3.09. The van der Waals surface area contributed by atoms with E-state index in [2.05, 4.69) is 10.6 Å². The van der Waals surface area contributed by atoms with Crippen LogP contribution < -0.4 is 10.6 Å². The van der Waals surface area contributed by atoms with E-state index >= 15 is 0 Å². The molecule has 0 aromatic heterocycles. The molecule has 0 bridgehead atoms. The molecule has 1 aliphatic rings. The molecule has 5 heteroatoms. The Balaban J connectivity index is 2.04. The summed E-state index contributed by atoms with van der Waals surface area (Å²) in [7, 11) is 0. The molecule has 1 fully saturated rings. The highest BCUT2D eigenvalue weighted by molar-refractivity contribution is 6.30. The number of hydrogen-bond donors (Lipinski definition) is 2. The molecule has 3 nitrogen and oxygen atoms in total. The Morgan fingerprint density at radius 2 is 2.35 bits per heavy atom. The topological polar surface area (TPSA) is 41.1 Å². The summed E-state index contributed by atoms with van der Waals surface area (Å²) in [6, 6.07) is 4.12. The van der Waals surface area contributed by atoms with Crippen LogP contribution in [0.25, 0.3) is 0 Å². The van der Waals surface area contributed by atoms with E-state index in [4.69, 9.17) is 11.6 Å². The smallest absolute Gasteiger partial charge is 0.228 e. The van der Waals surface area contributed by atoms with Crippen molar-refractivity contribution in [2.75, 3.05) is 18.4 Å². The minimum atomic E-state index is -0.466. The molecule has 1 aliphatic heterocycles. The van der Waals surface area contributed by atoms with Gasteiger partial charge in [-0.1, -0.05) is 11.6 Å². The number of carbonyl (C=O) groups is 1. The van der Waals surface area contributed by atoms with Gasteiger partial charge < -0.3 is 10.6 Å². The second-order valence-corrected chi connectivity index (χ2v) is 4.59. The van der Waals surface area contributed by atoms with E-state index in [0.29, 0.717) is 11.6 Å². The number of piperidine rings is 1. The lowest BCUT2D eigenvalue weighted by molar-refractivity contribution is -0.120. The summed E-state index contributed by atoms with van der Waals surface area (Å²) in [6.45, 7) is 1.59. The van der Waals surface area contributed by atoms with E-state index in [1.54, 1.807) is 0 Å². The minimum Gasteiger partial charge on any atom is -0.323 e. The summed E-state index contributed by atoms with van der Waals surface area (Å²) >= 11 is 5.76. The van der Waals surface area contributed by atoms with Crippen molar-refractivity contribution in [2.24, 2.45) is 5.92 Å². The molecular formula is C12H14ClFN2O. The van der Waals surface area contributed by atoms with Crippen LogP contribution in [-0.4, -0.2) is 19.0 Å². The number of rotatable bonds is 2. The lowest BCUT2D eigenvalue weighted by Crippen LogP contribution is -2.37. The van der Waals surface area contributed by atoms with Gasteiger partial charge in [-0.25, -0.2) is 4.39 Å². The Bertz CT molecular complexity index is 419. The van der Waals surface area contributed by atoms with Gasteiger partial charge in [-0.15, -0.1) is 0 Å². The van der Waals surface area contributed by atoms with Crippen LogP contribution in [0.1, 0.15) is 12.8 Å². The molecule has 1 aromatic carbocycles. The Hall–Kier alpha value is -1.13. The fourth-order valence-electron chi connectivity index (χ4n) is 1.90. The van der Waals surface area contributed by atoms with Crippen molar-refractivity contribution in [1.82, 2.24) is 5.32 Å². The van der Waals surface area contributed by atoms with E-state index in [-0.39, 0.29) is 17.5 Å². The van der Waals surface area contributed by atoms with Crippen molar-refractivity contribution < 1.29 is 9.18 Å². The minimum absolute atomic E-state index is 0.0952. The van der Waals surface area contributed by atoms with Gasteiger partial charge in [0.2, 0.25) is 5.91 Å². The molecule has 0 radical (unpaired) electrons. The van der Waals surface area contributed by atoms with Crippen molar-refractivity contribution in [3.8, 4) is 0 Å². The summed E-state index contributed by atoms with van der Waals surface area (Å²) in [5.41, 5.74) is 0.146. The number of nitrogens with one attached hydrogen (secondary N) is 2. The van der Waals surface area contributed by atoms with E-state index in [1.165, 1.54) is 18.2 Å². The molecule has 0 aliphatic carbocycles. The first-order chi connectivity index (χ1) is 8.16. The average molecular weight is 257 g/mol. The van der Waals surface area contributed by atoms with Gasteiger partial charge in [-0.05, 0) is 37.6 Å². The van der Waals surface area contributed by atoms with Gasteiger partial charge in [0.15, 0.2) is 0 Å². The Morgan fingerprint density at radius 3 is 3.06 bits per heavy atom. The summed E-state index contributed by atoms with van der Waals surface area (Å²) in [5.74, 6) is -0.716. The van der Waals surface area contributed by atoms with Gasteiger partial charge in [0.1, 0.15) is 5.82 Å². The zero-order valence-electron chi connectivity index (χ0n) is 9.30. The Labute approximate surface area is 104 Å². The highest BCUT2D eigenvalue weighted by Crippen LogP contribution is 2.21. The van der Waals surface area contributed by atoms with Crippen LogP contribution in [0.2, 0.25) is 5.02 Å². The van der Waals surface area contributed by atoms with E-state index in [1.807, 2.05) is 0 Å². The van der Waals surface area contributed by atoms with E-state index in [0.717, 1.165) is 19.4 Å². The van der Waals surface area contributed by atoms with Crippen LogP contribution in [0.15, 0.2) is 18.2 Å². The van der Waals surface area contributed by atoms with Crippen molar-refractivity contribution in [2.45, 2.75) is 12.8 Å². The second kappa shape index (κ2) is 5.47. The molecule has 0 saturated carbocycles. The second-order valence-electron chi connectivity index (χ2n) is 4.16. The maximum Gasteiger partial charge on any atom is 0.228 e. The maximum absolute atomic E-state index is 13.4. The summed E-state index contributed by atoms with van der Waals surface area (Å²) < 4.78 is 13.4. The number of amides is 1. The largest absolute Gasteiger partial charge is 0.323 e. The molecule has 1 heterocycles. The molecule has 1 aromatic rings. The van der Waals surface area contributed by atoms with Crippen molar-refractivity contribution in [3.63, 3.8) is 0 Å². The Kier molecular flexibility index (Phi) is 3.97. The number of anilines is 1. The molecule has 92 valence electrons. The van der Waals surface area contributed by atoms with Crippen LogP contribution in [0.4, 0.5) is 10.1 Å². The van der Waals surface area contributed by atoms with Crippen molar-refractivity contribution in [1.29, 1.82) is 0 Å². The first-order valence-electron chi connectivity index (χ1n) is 5.63. The third-order valence-electron chi connectivity index (χ3n) is 2.85. The number of benzene rings is 1. The fourth-order valence-corrected chi connectivity index (χ4v) is 2.08. The SMILES string of the molecule is O=C(Nc1cc(Cl)ccc1F)C1CCCNC1. The van der Waals surface area contributed by atoms with Crippen LogP contribution in [0, 0.1) is 11.7 Å². The molecule has 2 N–H and O–H groups in total. The predicted octanol–water partition coefficient (Wildman–Crippen LogP) is 2.42. The summed E-state index contributed by atoms with van der Waals surface area (Å²) in [4.78, 5) is 11.9. The van der Waals surface area contributed by atoms with Gasteiger partial charge in [-0.3, -0.25) is 4.79 Å². The molecule has 1 atom stereocenters. The zero-order valence-corrected chi connectivity index (χ0v) is 10.1. The molecule has 1 saturated heterocycles. The first-order valence-corrected chi connectivity index (χ1v) is 6.01. The lowest BCUT2D eigenvalue weighted by Gasteiger charge is -2.22. The monoisotopic (exact) mass is 256 g/mol. The molecule has 2 rings (SSSR count). The molecule has 0 spiro atoms. The van der Waals surface area contributed by atoms with Gasteiger partial charge >= 0.3 is 0 Å². The first kappa shape index (κ1) is 12.3. The molecular weight excluding hydrogens is 243 g/mol. The van der Waals surface area contributed by atoms with E-state index < -0.39 is 5.82 Å². The number of hydrogen-bond acceptors (Lipinski definition) is 2. The zero-order chi connectivity index (χ0) is 12.3. The molecule has 1 amide bonds. The standard InChI is InChI=1S/C12H14ClFN2O/c13-9-3-4-10(14)11(6-9)16-12(17)8-2-1-5-15-7-8/h3-4,6,8,15H,1-2,5,7H2,(H,16,17). The quantitative estimate of drug-likeness (QED) is 0.853. The van der Waals surface area contributed by atoms with Gasteiger partial charge in [0.25, 0.3) is 0 Å². The predicted molar refractivity (Wildman–Crippen MR) is 65.6 cm³/mol. The van der Waals surface area contributed by atoms with Crippen LogP contribution >= 0.6 is 11.6 Å². The fraction of sp³-hybridized carbons (Fsp3) is 0.417. The highest BCUT2D eigenvalue weighted by atomic mass is 35.5. The Morgan fingerprint density at radius 1 is 1.53 bits per heavy atom. The van der Waals surface area contributed by atoms with Crippen LogP contribution in [0.5, 0.6) is 0 Å². The van der Waals surface area contributed by atoms with Gasteiger partial charge in [-0.2, -0.15) is 0 Å². The van der Waals surface area contributed by atoms with Crippen LogP contribution in [-0.2, 0) is 4.79 Å². The van der Waals surface area contributed by atoms with Gasteiger partial charge in [0, 0.05) is 11.6 Å². The maximum atomic E-state index is 13.4. The lowest BCUT2D eigenvalue weighted by atomic mass is 9.99. The highest BCUT2D eigenvalue weighted by Gasteiger charge is 2.21. The molecule has 17 heavy (non-hydrogen) atoms. The van der Waals surface area contributed by atoms with E-state index in [9.17, 15) is 9.18 Å². The number of carbonyl (C=O) groups excluding carboxylic acids is 1. The van der Waals surface area contributed by atoms with Crippen LogP contribution in [0.3, 0.4) is 0 Å². The normalized spacial score (nSPS) is 20.0. The summed E-state index contributed by atoms with van der Waals surface area (Å²) in [5, 5.41) is 6.14.